The fourth-order valence-electron chi connectivity index (χ4n) is 3.32. The van der Waals surface area contributed by atoms with E-state index in [9.17, 15) is 13.2 Å². The highest BCUT2D eigenvalue weighted by Gasteiger charge is 2.34. The summed E-state index contributed by atoms with van der Waals surface area (Å²) in [7, 11) is -1.53. The van der Waals surface area contributed by atoms with Crippen LogP contribution in [0.1, 0.15) is 27.0 Å². The molecular weight excluding hydrogens is 402 g/mol. The van der Waals surface area contributed by atoms with Gasteiger partial charge in [0.25, 0.3) is 5.91 Å². The number of rotatable bonds is 3. The van der Waals surface area contributed by atoms with Crippen molar-refractivity contribution in [2.24, 2.45) is 7.05 Å². The van der Waals surface area contributed by atoms with E-state index in [4.69, 9.17) is 0 Å². The van der Waals surface area contributed by atoms with E-state index in [2.05, 4.69) is 5.10 Å². The van der Waals surface area contributed by atoms with Crippen LogP contribution < -0.4 is 0 Å². The Kier molecular flexibility index (Phi) is 4.92. The van der Waals surface area contributed by atoms with Gasteiger partial charge >= 0.3 is 0 Å². The third-order valence-electron chi connectivity index (χ3n) is 4.76. The second-order valence-corrected chi connectivity index (χ2v) is 10.7. The van der Waals surface area contributed by atoms with E-state index < -0.39 is 15.1 Å². The lowest BCUT2D eigenvalue weighted by Gasteiger charge is -2.19. The van der Waals surface area contributed by atoms with Crippen LogP contribution in [-0.4, -0.2) is 47.8 Å². The highest BCUT2D eigenvalue weighted by Crippen LogP contribution is 2.33. The lowest BCUT2D eigenvalue weighted by Crippen LogP contribution is -2.34. The van der Waals surface area contributed by atoms with Gasteiger partial charge in [0.15, 0.2) is 9.84 Å². The minimum Gasteiger partial charge on any atom is -0.336 e. The van der Waals surface area contributed by atoms with E-state index in [0.29, 0.717) is 18.7 Å². The van der Waals surface area contributed by atoms with Gasteiger partial charge in [0, 0.05) is 25.0 Å². The zero-order valence-electron chi connectivity index (χ0n) is 14.7. The van der Waals surface area contributed by atoms with E-state index in [1.165, 1.54) is 11.3 Å². The maximum atomic E-state index is 13.0. The van der Waals surface area contributed by atoms with Gasteiger partial charge in [-0.05, 0) is 35.4 Å². The van der Waals surface area contributed by atoms with Crippen molar-refractivity contribution in [1.29, 1.82) is 0 Å². The first-order valence-electron chi connectivity index (χ1n) is 8.58. The van der Waals surface area contributed by atoms with Gasteiger partial charge in [0.1, 0.15) is 11.4 Å². The Morgan fingerprint density at radius 3 is 2.67 bits per heavy atom. The molecule has 6 nitrogen and oxygen atoms in total. The Balaban J connectivity index is 1.57. The standard InChI is InChI=1S/C18H19N3O3S3/c1-20-14(12-13(19-20)15-4-2-9-25-15)18(22)21-7-6-17(16-5-3-10-26-16)27(23,24)11-8-21/h2-5,9-10,12,17H,6-8,11H2,1H3/t17-/m1/s1. The average Bonchev–Trinajstić information content (AvgIpc) is 3.37. The van der Waals surface area contributed by atoms with Gasteiger partial charge in [0.05, 0.1) is 15.9 Å². The second-order valence-electron chi connectivity index (χ2n) is 6.47. The van der Waals surface area contributed by atoms with Crippen LogP contribution in [-0.2, 0) is 16.9 Å². The molecule has 0 saturated carbocycles. The molecule has 0 bridgehead atoms. The molecule has 4 heterocycles. The third kappa shape index (κ3) is 3.59. The molecule has 0 unspecified atom stereocenters. The first-order chi connectivity index (χ1) is 13.0. The highest BCUT2D eigenvalue weighted by atomic mass is 32.2. The highest BCUT2D eigenvalue weighted by molar-refractivity contribution is 7.91. The quantitative estimate of drug-likeness (QED) is 0.651. The molecule has 1 aliphatic rings. The number of thiophene rings is 2. The van der Waals surface area contributed by atoms with Crippen molar-refractivity contribution in [3.05, 3.63) is 51.7 Å². The molecule has 4 rings (SSSR count). The molecule has 0 aliphatic carbocycles. The summed E-state index contributed by atoms with van der Waals surface area (Å²) in [4.78, 5) is 16.5. The summed E-state index contributed by atoms with van der Waals surface area (Å²) in [6.45, 7) is 0.628. The number of carbonyl (C=O) groups is 1. The summed E-state index contributed by atoms with van der Waals surface area (Å²) in [5.41, 5.74) is 1.24. The number of sulfone groups is 1. The van der Waals surface area contributed by atoms with Gasteiger partial charge in [-0.2, -0.15) is 5.10 Å². The summed E-state index contributed by atoms with van der Waals surface area (Å²) in [5.74, 6) is -0.188. The largest absolute Gasteiger partial charge is 0.336 e. The molecule has 0 spiro atoms. The second kappa shape index (κ2) is 7.21. The van der Waals surface area contributed by atoms with Crippen LogP contribution in [0.25, 0.3) is 10.6 Å². The molecule has 1 aliphatic heterocycles. The van der Waals surface area contributed by atoms with Crippen molar-refractivity contribution in [3.63, 3.8) is 0 Å². The Hall–Kier alpha value is -1.97. The molecule has 3 aromatic rings. The summed E-state index contributed by atoms with van der Waals surface area (Å²) >= 11 is 3.02. The van der Waals surface area contributed by atoms with Crippen LogP contribution in [0.15, 0.2) is 41.1 Å². The van der Waals surface area contributed by atoms with Crippen molar-refractivity contribution in [2.75, 3.05) is 18.8 Å². The minimum absolute atomic E-state index is 0.0169. The maximum Gasteiger partial charge on any atom is 0.272 e. The first kappa shape index (κ1) is 18.4. The molecule has 0 N–H and O–H groups in total. The van der Waals surface area contributed by atoms with E-state index >= 15 is 0 Å². The number of hydrogen-bond acceptors (Lipinski definition) is 6. The van der Waals surface area contributed by atoms with Gasteiger partial charge < -0.3 is 4.90 Å². The van der Waals surface area contributed by atoms with Crippen LogP contribution in [0.5, 0.6) is 0 Å². The van der Waals surface area contributed by atoms with Crippen LogP contribution in [0.4, 0.5) is 0 Å². The van der Waals surface area contributed by atoms with Crippen molar-refractivity contribution in [1.82, 2.24) is 14.7 Å². The Morgan fingerprint density at radius 2 is 1.96 bits per heavy atom. The number of aromatic nitrogens is 2. The van der Waals surface area contributed by atoms with E-state index in [-0.39, 0.29) is 18.2 Å². The number of amides is 1. The zero-order valence-corrected chi connectivity index (χ0v) is 17.2. The van der Waals surface area contributed by atoms with Gasteiger partial charge in [-0.3, -0.25) is 9.48 Å². The number of nitrogens with zero attached hydrogens (tertiary/aromatic N) is 3. The predicted octanol–water partition coefficient (Wildman–Crippen LogP) is 3.21. The van der Waals surface area contributed by atoms with Crippen LogP contribution >= 0.6 is 22.7 Å². The molecular formula is C18H19N3O3S3. The normalized spacial score (nSPS) is 19.7. The Bertz CT molecular complexity index is 1040. The van der Waals surface area contributed by atoms with Crippen molar-refractivity contribution in [3.8, 4) is 10.6 Å². The molecule has 1 amide bonds. The summed E-state index contributed by atoms with van der Waals surface area (Å²) in [6, 6.07) is 9.42. The Labute approximate surface area is 166 Å². The van der Waals surface area contributed by atoms with Crippen molar-refractivity contribution in [2.45, 2.75) is 11.7 Å². The fourth-order valence-corrected chi connectivity index (χ4v) is 7.00. The molecule has 0 radical (unpaired) electrons. The van der Waals surface area contributed by atoms with Gasteiger partial charge in [0.2, 0.25) is 0 Å². The summed E-state index contributed by atoms with van der Waals surface area (Å²) in [5, 5.41) is 7.77. The minimum atomic E-state index is -3.28. The van der Waals surface area contributed by atoms with E-state index in [1.54, 1.807) is 34.0 Å². The van der Waals surface area contributed by atoms with Crippen molar-refractivity contribution >= 4 is 38.4 Å². The van der Waals surface area contributed by atoms with E-state index in [1.807, 2.05) is 35.0 Å². The SMILES string of the molecule is Cn1nc(-c2cccs2)cc1C(=O)N1CC[C@H](c2cccs2)S(=O)(=O)CC1. The van der Waals surface area contributed by atoms with E-state index in [0.717, 1.165) is 15.4 Å². The molecule has 1 saturated heterocycles. The fraction of sp³-hybridized carbons (Fsp3) is 0.333. The molecule has 1 atom stereocenters. The summed E-state index contributed by atoms with van der Waals surface area (Å²) < 4.78 is 26.9. The van der Waals surface area contributed by atoms with Gasteiger partial charge in [-0.1, -0.05) is 12.1 Å². The molecule has 3 aromatic heterocycles. The average molecular weight is 422 g/mol. The van der Waals surface area contributed by atoms with Crippen LogP contribution in [0.3, 0.4) is 0 Å². The van der Waals surface area contributed by atoms with Crippen LogP contribution in [0, 0.1) is 0 Å². The molecule has 142 valence electrons. The maximum absolute atomic E-state index is 13.0. The number of hydrogen-bond donors (Lipinski definition) is 0. The molecule has 0 aromatic carbocycles. The smallest absolute Gasteiger partial charge is 0.272 e. The number of aryl methyl sites for hydroxylation is 1. The van der Waals surface area contributed by atoms with Crippen LogP contribution in [0.2, 0.25) is 0 Å². The zero-order chi connectivity index (χ0) is 19.0. The van der Waals surface area contributed by atoms with Crippen molar-refractivity contribution < 1.29 is 13.2 Å². The molecule has 27 heavy (non-hydrogen) atoms. The summed E-state index contributed by atoms with van der Waals surface area (Å²) in [6.07, 6.45) is 0.421. The van der Waals surface area contributed by atoms with Gasteiger partial charge in [-0.15, -0.1) is 22.7 Å². The predicted molar refractivity (Wildman–Crippen MR) is 108 cm³/mol. The molecule has 9 heteroatoms. The Morgan fingerprint density at radius 1 is 1.19 bits per heavy atom. The molecule has 1 fully saturated rings. The number of carbonyl (C=O) groups excluding carboxylic acids is 1. The topological polar surface area (TPSA) is 72.3 Å². The first-order valence-corrected chi connectivity index (χ1v) is 12.1. The third-order valence-corrected chi connectivity index (χ3v) is 8.90. The monoisotopic (exact) mass is 421 g/mol. The lowest BCUT2D eigenvalue weighted by molar-refractivity contribution is 0.0755. The van der Waals surface area contributed by atoms with Gasteiger partial charge in [-0.25, -0.2) is 8.42 Å². The lowest BCUT2D eigenvalue weighted by atomic mass is 10.2.